The normalized spacial score (nSPS) is 22.4. The quantitative estimate of drug-likeness (QED) is 0.707. The van der Waals surface area contributed by atoms with E-state index in [4.69, 9.17) is 9.84 Å². The van der Waals surface area contributed by atoms with Gasteiger partial charge in [0, 0.05) is 18.5 Å². The van der Waals surface area contributed by atoms with E-state index in [1.54, 1.807) is 13.3 Å². The van der Waals surface area contributed by atoms with Crippen molar-refractivity contribution in [3.8, 4) is 17.1 Å². The number of methoxy groups -OCH3 is 1. The van der Waals surface area contributed by atoms with Gasteiger partial charge in [-0.3, -0.25) is 0 Å². The maximum Gasteiger partial charge on any atom is 0.157 e. The maximum atomic E-state index is 14.1. The highest BCUT2D eigenvalue weighted by atomic mass is 19.1. The lowest BCUT2D eigenvalue weighted by Gasteiger charge is -2.28. The van der Waals surface area contributed by atoms with Crippen LogP contribution in [0, 0.1) is 0 Å². The monoisotopic (exact) mass is 382 g/mol. The van der Waals surface area contributed by atoms with Crippen molar-refractivity contribution in [3.63, 3.8) is 0 Å². The van der Waals surface area contributed by atoms with Gasteiger partial charge in [-0.2, -0.15) is 5.10 Å². The number of alkyl halides is 1. The van der Waals surface area contributed by atoms with E-state index in [-0.39, 0.29) is 6.04 Å². The van der Waals surface area contributed by atoms with Crippen LogP contribution in [0.25, 0.3) is 17.0 Å². The van der Waals surface area contributed by atoms with Crippen molar-refractivity contribution >= 4 is 11.5 Å². The second-order valence-corrected chi connectivity index (χ2v) is 7.45. The maximum absolute atomic E-state index is 14.1. The molecule has 1 saturated carbocycles. The molecule has 8 heteroatoms. The zero-order chi connectivity index (χ0) is 19.1. The van der Waals surface area contributed by atoms with Crippen LogP contribution in [0.4, 0.5) is 10.2 Å². The van der Waals surface area contributed by atoms with Crippen LogP contribution < -0.4 is 15.4 Å². The van der Waals surface area contributed by atoms with Gasteiger partial charge < -0.3 is 15.4 Å². The number of imidazole rings is 1. The minimum atomic E-state index is -0.877. The first kappa shape index (κ1) is 17.4. The van der Waals surface area contributed by atoms with E-state index in [1.165, 1.54) is 0 Å². The first-order valence-electron chi connectivity index (χ1n) is 9.74. The number of hydrogen-bond acceptors (Lipinski definition) is 6. The van der Waals surface area contributed by atoms with Gasteiger partial charge in [-0.05, 0) is 37.9 Å². The average Bonchev–Trinajstić information content (AvgIpc) is 3.48. The number of nitrogens with zero attached hydrogens (tertiary/aromatic N) is 4. The molecule has 0 bridgehead atoms. The van der Waals surface area contributed by atoms with Crippen LogP contribution in [0.2, 0.25) is 0 Å². The minimum absolute atomic E-state index is 0.275. The molecular weight excluding hydrogens is 359 g/mol. The number of hydrogen-bond donors (Lipinski definition) is 2. The summed E-state index contributed by atoms with van der Waals surface area (Å²) < 4.78 is 21.5. The number of anilines is 1. The van der Waals surface area contributed by atoms with E-state index in [2.05, 4.69) is 20.6 Å². The molecule has 0 aromatic carbocycles. The number of nitrogens with one attached hydrogen (secondary N) is 2. The molecule has 2 fully saturated rings. The van der Waals surface area contributed by atoms with Gasteiger partial charge in [0.1, 0.15) is 29.1 Å². The number of aromatic nitrogens is 4. The topological polar surface area (TPSA) is 76.4 Å². The van der Waals surface area contributed by atoms with Crippen molar-refractivity contribution in [1.82, 2.24) is 24.9 Å². The Morgan fingerprint density at radius 2 is 2.18 bits per heavy atom. The van der Waals surface area contributed by atoms with Gasteiger partial charge in [-0.15, -0.1) is 0 Å². The Balaban J connectivity index is 1.49. The van der Waals surface area contributed by atoms with E-state index < -0.39 is 6.17 Å². The molecule has 4 heterocycles. The Labute approximate surface area is 162 Å². The fraction of sp³-hybridized carbons (Fsp3) is 0.450. The molecule has 2 atom stereocenters. The Bertz CT molecular complexity index is 1000. The van der Waals surface area contributed by atoms with Crippen molar-refractivity contribution in [2.45, 2.75) is 37.4 Å². The largest absolute Gasteiger partial charge is 0.495 e. The van der Waals surface area contributed by atoms with Crippen LogP contribution in [-0.2, 0) is 0 Å². The second kappa shape index (κ2) is 7.01. The zero-order valence-electron chi connectivity index (χ0n) is 15.7. The van der Waals surface area contributed by atoms with E-state index >= 15 is 0 Å². The van der Waals surface area contributed by atoms with E-state index in [9.17, 15) is 4.39 Å². The van der Waals surface area contributed by atoms with Gasteiger partial charge in [0.05, 0.1) is 25.0 Å². The van der Waals surface area contributed by atoms with E-state index in [1.807, 2.05) is 28.8 Å². The van der Waals surface area contributed by atoms with Crippen molar-refractivity contribution in [3.05, 3.63) is 36.2 Å². The molecule has 7 nitrogen and oxygen atoms in total. The third-order valence-electron chi connectivity index (χ3n) is 5.41. The Morgan fingerprint density at radius 1 is 1.29 bits per heavy atom. The predicted molar refractivity (Wildman–Crippen MR) is 105 cm³/mol. The second-order valence-electron chi connectivity index (χ2n) is 7.45. The minimum Gasteiger partial charge on any atom is -0.495 e. The summed E-state index contributed by atoms with van der Waals surface area (Å²) in [4.78, 5) is 9.16. The van der Waals surface area contributed by atoms with E-state index in [0.29, 0.717) is 31.2 Å². The third kappa shape index (κ3) is 3.17. The number of ether oxygens (including phenoxy) is 1. The van der Waals surface area contributed by atoms with Crippen LogP contribution >= 0.6 is 0 Å². The van der Waals surface area contributed by atoms with Gasteiger partial charge >= 0.3 is 0 Å². The van der Waals surface area contributed by atoms with Crippen LogP contribution in [0.1, 0.15) is 30.9 Å². The SMILES string of the molecule is COc1cc2ncc(-c3cccc(N[C@H]4CNCC[C@@H]4F)n3)n2nc1C1CC1. The summed E-state index contributed by atoms with van der Waals surface area (Å²) in [6, 6.07) is 7.35. The standard InChI is InChI=1S/C20H23FN6O/c1-28-17-9-19-23-11-16(27(19)26-20(17)12-5-6-12)14-3-2-4-18(24-14)25-15-10-22-8-7-13(15)21/h2-4,9,11-13,15,22H,5-8,10H2,1H3,(H,24,25)/t13-,15-/m0/s1. The Hall–Kier alpha value is -2.74. The summed E-state index contributed by atoms with van der Waals surface area (Å²) >= 11 is 0. The molecule has 2 aliphatic rings. The highest BCUT2D eigenvalue weighted by molar-refractivity contribution is 5.62. The highest BCUT2D eigenvalue weighted by Gasteiger charge is 2.30. The molecular formula is C20H23FN6O. The fourth-order valence-corrected chi connectivity index (χ4v) is 3.71. The molecule has 3 aromatic rings. The van der Waals surface area contributed by atoms with Crippen molar-refractivity contribution in [1.29, 1.82) is 0 Å². The van der Waals surface area contributed by atoms with Gasteiger partial charge in [0.2, 0.25) is 0 Å². The molecule has 1 aliphatic carbocycles. The summed E-state index contributed by atoms with van der Waals surface area (Å²) in [5.41, 5.74) is 3.24. The number of rotatable bonds is 5. The van der Waals surface area contributed by atoms with Crippen LogP contribution in [-0.4, -0.2) is 52.0 Å². The Morgan fingerprint density at radius 3 is 2.96 bits per heavy atom. The van der Waals surface area contributed by atoms with Gasteiger partial charge in [0.15, 0.2) is 5.65 Å². The average molecular weight is 382 g/mol. The van der Waals surface area contributed by atoms with E-state index in [0.717, 1.165) is 41.3 Å². The third-order valence-corrected chi connectivity index (χ3v) is 5.41. The number of piperidine rings is 1. The van der Waals surface area contributed by atoms with Crippen molar-refractivity contribution in [2.24, 2.45) is 0 Å². The molecule has 0 amide bonds. The van der Waals surface area contributed by atoms with Crippen molar-refractivity contribution < 1.29 is 9.13 Å². The van der Waals surface area contributed by atoms with Crippen LogP contribution in [0.5, 0.6) is 5.75 Å². The smallest absolute Gasteiger partial charge is 0.157 e. The first-order chi connectivity index (χ1) is 13.7. The Kier molecular flexibility index (Phi) is 4.35. The zero-order valence-corrected chi connectivity index (χ0v) is 15.7. The molecule has 28 heavy (non-hydrogen) atoms. The summed E-state index contributed by atoms with van der Waals surface area (Å²) in [5, 5.41) is 11.2. The summed E-state index contributed by atoms with van der Waals surface area (Å²) in [5.74, 6) is 1.89. The van der Waals surface area contributed by atoms with Gasteiger partial charge in [-0.1, -0.05) is 6.07 Å². The number of halogens is 1. The number of pyridine rings is 1. The predicted octanol–water partition coefficient (Wildman–Crippen LogP) is 2.79. The molecule has 1 aliphatic heterocycles. The van der Waals surface area contributed by atoms with Crippen molar-refractivity contribution in [2.75, 3.05) is 25.5 Å². The molecule has 146 valence electrons. The van der Waals surface area contributed by atoms with Crippen LogP contribution in [0.15, 0.2) is 30.5 Å². The molecule has 2 N–H and O–H groups in total. The lowest BCUT2D eigenvalue weighted by Crippen LogP contribution is -2.46. The molecule has 5 rings (SSSR count). The highest BCUT2D eigenvalue weighted by Crippen LogP contribution is 2.43. The molecule has 1 saturated heterocycles. The summed E-state index contributed by atoms with van der Waals surface area (Å²) in [6.45, 7) is 1.31. The number of fused-ring (bicyclic) bond motifs is 1. The first-order valence-corrected chi connectivity index (χ1v) is 9.74. The molecule has 0 radical (unpaired) electrons. The van der Waals surface area contributed by atoms with Gasteiger partial charge in [-0.25, -0.2) is 18.9 Å². The lowest BCUT2D eigenvalue weighted by molar-refractivity contribution is 0.241. The molecule has 0 spiro atoms. The molecule has 0 unspecified atom stereocenters. The fourth-order valence-electron chi connectivity index (χ4n) is 3.71. The summed E-state index contributed by atoms with van der Waals surface area (Å²) in [6.07, 6.45) is 3.68. The summed E-state index contributed by atoms with van der Waals surface area (Å²) in [7, 11) is 1.66. The lowest BCUT2D eigenvalue weighted by atomic mass is 10.1. The van der Waals surface area contributed by atoms with Crippen LogP contribution in [0.3, 0.4) is 0 Å². The van der Waals surface area contributed by atoms with Gasteiger partial charge in [0.25, 0.3) is 0 Å². The molecule has 3 aromatic heterocycles.